The summed E-state index contributed by atoms with van der Waals surface area (Å²) in [6.45, 7) is 10.9. The molecule has 0 bridgehead atoms. The first-order valence-electron chi connectivity index (χ1n) is 5.24. The van der Waals surface area contributed by atoms with Crippen molar-refractivity contribution in [3.05, 3.63) is 11.3 Å². The molecule has 1 rings (SSSR count). The Labute approximate surface area is 86.1 Å². The van der Waals surface area contributed by atoms with Crippen molar-refractivity contribution < 1.29 is 0 Å². The van der Waals surface area contributed by atoms with Gasteiger partial charge in [-0.2, -0.15) is 5.10 Å². The van der Waals surface area contributed by atoms with E-state index in [0.717, 1.165) is 6.42 Å². The lowest BCUT2D eigenvalue weighted by Crippen LogP contribution is -2.18. The van der Waals surface area contributed by atoms with Crippen molar-refractivity contribution in [3.63, 3.8) is 0 Å². The average molecular weight is 195 g/mol. The van der Waals surface area contributed by atoms with Gasteiger partial charge >= 0.3 is 0 Å². The Morgan fingerprint density at radius 2 is 2.00 bits per heavy atom. The van der Waals surface area contributed by atoms with Crippen LogP contribution in [-0.4, -0.2) is 10.2 Å². The zero-order valence-electron chi connectivity index (χ0n) is 9.81. The molecule has 0 aliphatic heterocycles. The maximum absolute atomic E-state index is 5.85. The third-order valence-electron chi connectivity index (χ3n) is 2.97. The average Bonchev–Trinajstić information content (AvgIpc) is 2.47. The van der Waals surface area contributed by atoms with Gasteiger partial charge in [-0.1, -0.05) is 34.6 Å². The van der Waals surface area contributed by atoms with Crippen LogP contribution in [0.5, 0.6) is 0 Å². The Morgan fingerprint density at radius 1 is 1.43 bits per heavy atom. The fourth-order valence-electron chi connectivity index (χ4n) is 1.64. The summed E-state index contributed by atoms with van der Waals surface area (Å²) in [6, 6.07) is 0. The van der Waals surface area contributed by atoms with Crippen molar-refractivity contribution in [2.75, 3.05) is 5.73 Å². The molecule has 3 N–H and O–H groups in total. The third kappa shape index (κ3) is 1.76. The SMILES string of the molecule is CCC(C)(C)c1[nH]nc(N)c1C(C)C. The molecule has 0 radical (unpaired) electrons. The number of hydrogen-bond acceptors (Lipinski definition) is 2. The van der Waals surface area contributed by atoms with E-state index in [9.17, 15) is 0 Å². The van der Waals surface area contributed by atoms with Crippen molar-refractivity contribution in [1.29, 1.82) is 0 Å². The van der Waals surface area contributed by atoms with Crippen LogP contribution in [0.1, 0.15) is 58.2 Å². The molecule has 0 saturated carbocycles. The molecule has 1 aromatic rings. The number of aromatic amines is 1. The van der Waals surface area contributed by atoms with Crippen molar-refractivity contribution in [1.82, 2.24) is 10.2 Å². The fraction of sp³-hybridized carbons (Fsp3) is 0.727. The lowest BCUT2D eigenvalue weighted by molar-refractivity contribution is 0.482. The molecule has 0 unspecified atom stereocenters. The first-order valence-corrected chi connectivity index (χ1v) is 5.24. The summed E-state index contributed by atoms with van der Waals surface area (Å²) < 4.78 is 0. The number of nitrogen functional groups attached to an aromatic ring is 1. The Morgan fingerprint density at radius 3 is 2.43 bits per heavy atom. The van der Waals surface area contributed by atoms with Crippen molar-refractivity contribution >= 4 is 5.82 Å². The van der Waals surface area contributed by atoms with Gasteiger partial charge < -0.3 is 5.73 Å². The van der Waals surface area contributed by atoms with Gasteiger partial charge in [0, 0.05) is 16.7 Å². The van der Waals surface area contributed by atoms with E-state index in [1.165, 1.54) is 11.3 Å². The van der Waals surface area contributed by atoms with Gasteiger partial charge in [-0.3, -0.25) is 5.10 Å². The molecule has 0 fully saturated rings. The minimum Gasteiger partial charge on any atom is -0.382 e. The second-order valence-corrected chi connectivity index (χ2v) is 4.79. The Balaban J connectivity index is 3.22. The molecule has 0 aliphatic rings. The molecule has 80 valence electrons. The molecule has 0 spiro atoms. The highest BCUT2D eigenvalue weighted by molar-refractivity contribution is 5.46. The van der Waals surface area contributed by atoms with Gasteiger partial charge in [0.05, 0.1) is 0 Å². The number of hydrogen-bond donors (Lipinski definition) is 2. The summed E-state index contributed by atoms with van der Waals surface area (Å²) in [5, 5.41) is 7.18. The van der Waals surface area contributed by atoms with Gasteiger partial charge in [-0.25, -0.2) is 0 Å². The summed E-state index contributed by atoms with van der Waals surface area (Å²) in [7, 11) is 0. The van der Waals surface area contributed by atoms with E-state index in [0.29, 0.717) is 11.7 Å². The number of aromatic nitrogens is 2. The van der Waals surface area contributed by atoms with Gasteiger partial charge in [-0.05, 0) is 12.3 Å². The number of nitrogens with two attached hydrogens (primary N) is 1. The van der Waals surface area contributed by atoms with Crippen molar-refractivity contribution in [2.24, 2.45) is 0 Å². The summed E-state index contributed by atoms with van der Waals surface area (Å²) in [5.41, 5.74) is 8.35. The quantitative estimate of drug-likeness (QED) is 0.779. The minimum atomic E-state index is 0.129. The lowest BCUT2D eigenvalue weighted by Gasteiger charge is -2.23. The molecular formula is C11H21N3. The lowest BCUT2D eigenvalue weighted by atomic mass is 9.82. The molecule has 0 atom stereocenters. The number of nitrogens with one attached hydrogen (secondary N) is 1. The molecule has 1 heterocycles. The molecule has 14 heavy (non-hydrogen) atoms. The Hall–Kier alpha value is -0.990. The zero-order valence-corrected chi connectivity index (χ0v) is 9.81. The summed E-state index contributed by atoms with van der Waals surface area (Å²) in [5.74, 6) is 1.08. The maximum Gasteiger partial charge on any atom is 0.148 e. The van der Waals surface area contributed by atoms with Crippen LogP contribution in [0.25, 0.3) is 0 Å². The standard InChI is InChI=1S/C11H21N3/c1-6-11(4,5)9-8(7(2)3)10(12)14-13-9/h7H,6H2,1-5H3,(H3,12,13,14). The van der Waals surface area contributed by atoms with E-state index in [4.69, 9.17) is 5.73 Å². The zero-order chi connectivity index (χ0) is 10.9. The van der Waals surface area contributed by atoms with Crippen molar-refractivity contribution in [2.45, 2.75) is 52.4 Å². The van der Waals surface area contributed by atoms with Crippen molar-refractivity contribution in [3.8, 4) is 0 Å². The van der Waals surface area contributed by atoms with E-state index in [-0.39, 0.29) is 5.41 Å². The summed E-state index contributed by atoms with van der Waals surface area (Å²) >= 11 is 0. The van der Waals surface area contributed by atoms with Crippen LogP contribution >= 0.6 is 0 Å². The molecule has 0 aliphatic carbocycles. The monoisotopic (exact) mass is 195 g/mol. The van der Waals surface area contributed by atoms with Crippen LogP contribution in [0.4, 0.5) is 5.82 Å². The molecule has 0 aromatic carbocycles. The van der Waals surface area contributed by atoms with Gasteiger partial charge in [0.2, 0.25) is 0 Å². The van der Waals surface area contributed by atoms with Crippen LogP contribution in [0.15, 0.2) is 0 Å². The normalized spacial score (nSPS) is 12.4. The van der Waals surface area contributed by atoms with Gasteiger partial charge in [0.25, 0.3) is 0 Å². The van der Waals surface area contributed by atoms with E-state index < -0.39 is 0 Å². The van der Waals surface area contributed by atoms with Crippen LogP contribution < -0.4 is 5.73 Å². The van der Waals surface area contributed by atoms with Crippen LogP contribution in [0, 0.1) is 0 Å². The third-order valence-corrected chi connectivity index (χ3v) is 2.97. The minimum absolute atomic E-state index is 0.129. The highest BCUT2D eigenvalue weighted by Gasteiger charge is 2.26. The molecule has 1 aromatic heterocycles. The fourth-order valence-corrected chi connectivity index (χ4v) is 1.64. The Kier molecular flexibility index (Phi) is 2.88. The summed E-state index contributed by atoms with van der Waals surface area (Å²) in [6.07, 6.45) is 1.08. The maximum atomic E-state index is 5.85. The van der Waals surface area contributed by atoms with Crippen LogP contribution in [0.3, 0.4) is 0 Å². The number of H-pyrrole nitrogens is 1. The van der Waals surface area contributed by atoms with Crippen LogP contribution in [0.2, 0.25) is 0 Å². The molecular weight excluding hydrogens is 174 g/mol. The van der Waals surface area contributed by atoms with E-state index in [1.54, 1.807) is 0 Å². The van der Waals surface area contributed by atoms with Gasteiger partial charge in [0.15, 0.2) is 0 Å². The van der Waals surface area contributed by atoms with E-state index in [1.807, 2.05) is 0 Å². The smallest absolute Gasteiger partial charge is 0.148 e. The number of rotatable bonds is 3. The predicted octanol–water partition coefficient (Wildman–Crippen LogP) is 2.80. The largest absolute Gasteiger partial charge is 0.382 e. The second kappa shape index (κ2) is 3.64. The highest BCUT2D eigenvalue weighted by Crippen LogP contribution is 2.34. The Bertz CT molecular complexity index is 310. The van der Waals surface area contributed by atoms with Gasteiger partial charge in [-0.15, -0.1) is 0 Å². The van der Waals surface area contributed by atoms with E-state index in [2.05, 4.69) is 44.8 Å². The van der Waals surface area contributed by atoms with E-state index >= 15 is 0 Å². The number of nitrogens with zero attached hydrogens (tertiary/aromatic N) is 1. The second-order valence-electron chi connectivity index (χ2n) is 4.79. The molecule has 0 amide bonds. The first-order chi connectivity index (χ1) is 6.40. The molecule has 0 saturated heterocycles. The number of anilines is 1. The highest BCUT2D eigenvalue weighted by atomic mass is 15.2. The van der Waals surface area contributed by atoms with Crippen LogP contribution in [-0.2, 0) is 5.41 Å². The molecule has 3 heteroatoms. The van der Waals surface area contributed by atoms with Gasteiger partial charge in [0.1, 0.15) is 5.82 Å². The predicted molar refractivity (Wildman–Crippen MR) is 60.4 cm³/mol. The topological polar surface area (TPSA) is 54.7 Å². The first kappa shape index (κ1) is 11.1. The molecule has 3 nitrogen and oxygen atoms in total. The summed E-state index contributed by atoms with van der Waals surface area (Å²) in [4.78, 5) is 0.